The van der Waals surface area contributed by atoms with Crippen LogP contribution in [0.3, 0.4) is 0 Å². The van der Waals surface area contributed by atoms with E-state index in [0.717, 1.165) is 49.2 Å². The van der Waals surface area contributed by atoms with Gasteiger partial charge in [-0.1, -0.05) is 6.92 Å². The van der Waals surface area contributed by atoms with Gasteiger partial charge in [-0.2, -0.15) is 0 Å². The first-order valence-corrected chi connectivity index (χ1v) is 9.87. The fraction of sp³-hybridized carbons (Fsp3) is 0.600. The predicted molar refractivity (Wildman–Crippen MR) is 91.1 cm³/mol. The lowest BCUT2D eigenvalue weighted by atomic mass is 9.97. The van der Waals surface area contributed by atoms with Crippen molar-refractivity contribution in [3.8, 4) is 0 Å². The van der Waals surface area contributed by atoms with Crippen LogP contribution < -0.4 is 9.62 Å². The fourth-order valence-electron chi connectivity index (χ4n) is 3.15. The summed E-state index contributed by atoms with van der Waals surface area (Å²) in [6.07, 6.45) is 7.67. The molecule has 2 aromatic rings. The van der Waals surface area contributed by atoms with Crippen molar-refractivity contribution in [2.24, 2.45) is 5.92 Å². The third kappa shape index (κ3) is 3.64. The van der Waals surface area contributed by atoms with Gasteiger partial charge >= 0.3 is 0 Å². The highest BCUT2D eigenvalue weighted by atomic mass is 32.2. The Bertz CT molecular complexity index is 778. The SMILES string of the molecule is CCc1c[nH]c2ncnc(N3CCC(CNS(C)(=O)=O)CC3)c12. The maximum Gasteiger partial charge on any atom is 0.208 e. The molecule has 2 aromatic heterocycles. The molecule has 23 heavy (non-hydrogen) atoms. The molecule has 0 saturated carbocycles. The minimum Gasteiger partial charge on any atom is -0.356 e. The third-order valence-electron chi connectivity index (χ3n) is 4.46. The Morgan fingerprint density at radius 1 is 1.35 bits per heavy atom. The van der Waals surface area contributed by atoms with E-state index in [9.17, 15) is 8.42 Å². The van der Waals surface area contributed by atoms with Crippen LogP contribution in [0.15, 0.2) is 12.5 Å². The smallest absolute Gasteiger partial charge is 0.208 e. The number of hydrogen-bond acceptors (Lipinski definition) is 5. The normalized spacial score (nSPS) is 17.0. The molecule has 0 aromatic carbocycles. The number of anilines is 1. The number of aromatic amines is 1. The van der Waals surface area contributed by atoms with Gasteiger partial charge in [0.15, 0.2) is 0 Å². The summed E-state index contributed by atoms with van der Waals surface area (Å²) in [5.74, 6) is 1.37. The van der Waals surface area contributed by atoms with Gasteiger partial charge in [0, 0.05) is 25.8 Å². The minimum absolute atomic E-state index is 0.384. The number of H-pyrrole nitrogens is 1. The standard InChI is InChI=1S/C15H23N5O2S/c1-3-12-9-16-14-13(12)15(18-10-17-14)20-6-4-11(5-7-20)8-19-23(2,21)22/h9-11,19H,3-8H2,1-2H3,(H,16,17,18). The van der Waals surface area contributed by atoms with E-state index >= 15 is 0 Å². The average Bonchev–Trinajstić information content (AvgIpc) is 2.96. The predicted octanol–water partition coefficient (Wildman–Crippen LogP) is 1.29. The van der Waals surface area contributed by atoms with Crippen LogP contribution >= 0.6 is 0 Å². The van der Waals surface area contributed by atoms with Gasteiger partial charge in [0.1, 0.15) is 17.8 Å². The van der Waals surface area contributed by atoms with Crippen LogP contribution in [0.25, 0.3) is 11.0 Å². The summed E-state index contributed by atoms with van der Waals surface area (Å²) in [6, 6.07) is 0. The molecule has 1 aliphatic rings. The molecule has 1 fully saturated rings. The summed E-state index contributed by atoms with van der Waals surface area (Å²) in [5, 5.41) is 1.11. The molecule has 7 nitrogen and oxygen atoms in total. The van der Waals surface area contributed by atoms with Gasteiger partial charge in [0.05, 0.1) is 11.6 Å². The molecule has 3 rings (SSSR count). The highest BCUT2D eigenvalue weighted by molar-refractivity contribution is 7.88. The summed E-state index contributed by atoms with van der Waals surface area (Å²) in [4.78, 5) is 14.3. The Hall–Kier alpha value is -1.67. The number of nitrogens with zero attached hydrogens (tertiary/aromatic N) is 3. The molecule has 1 aliphatic heterocycles. The molecule has 0 spiro atoms. The molecule has 126 valence electrons. The average molecular weight is 337 g/mol. The van der Waals surface area contributed by atoms with E-state index in [1.165, 1.54) is 11.8 Å². The number of aryl methyl sites for hydroxylation is 1. The Morgan fingerprint density at radius 3 is 2.74 bits per heavy atom. The van der Waals surface area contributed by atoms with E-state index in [4.69, 9.17) is 0 Å². The molecule has 0 radical (unpaired) electrons. The second-order valence-corrected chi connectivity index (χ2v) is 7.97. The van der Waals surface area contributed by atoms with E-state index in [1.807, 2.05) is 6.20 Å². The van der Waals surface area contributed by atoms with Crippen molar-refractivity contribution < 1.29 is 8.42 Å². The minimum atomic E-state index is -3.11. The van der Waals surface area contributed by atoms with E-state index in [1.54, 1.807) is 6.33 Å². The Balaban J connectivity index is 1.72. The lowest BCUT2D eigenvalue weighted by Crippen LogP contribution is -2.38. The molecule has 0 bridgehead atoms. The molecule has 0 atom stereocenters. The third-order valence-corrected chi connectivity index (χ3v) is 5.15. The zero-order chi connectivity index (χ0) is 16.4. The zero-order valence-corrected chi connectivity index (χ0v) is 14.4. The maximum atomic E-state index is 11.2. The Kier molecular flexibility index (Phi) is 4.54. The van der Waals surface area contributed by atoms with Gasteiger partial charge in [-0.15, -0.1) is 0 Å². The van der Waals surface area contributed by atoms with Gasteiger partial charge < -0.3 is 9.88 Å². The van der Waals surface area contributed by atoms with Gasteiger partial charge in [-0.25, -0.2) is 23.1 Å². The summed E-state index contributed by atoms with van der Waals surface area (Å²) in [5.41, 5.74) is 2.11. The number of rotatable bonds is 5. The summed E-state index contributed by atoms with van der Waals surface area (Å²) in [6.45, 7) is 4.42. The topological polar surface area (TPSA) is 91.0 Å². The molecule has 1 saturated heterocycles. The summed E-state index contributed by atoms with van der Waals surface area (Å²) in [7, 11) is -3.11. The number of nitrogens with one attached hydrogen (secondary N) is 2. The molecule has 8 heteroatoms. The molecule has 0 amide bonds. The van der Waals surface area contributed by atoms with Gasteiger partial charge in [-0.3, -0.25) is 0 Å². The van der Waals surface area contributed by atoms with E-state index < -0.39 is 10.0 Å². The largest absolute Gasteiger partial charge is 0.356 e. The number of aromatic nitrogens is 3. The van der Waals surface area contributed by atoms with Crippen molar-refractivity contribution in [3.63, 3.8) is 0 Å². The van der Waals surface area contributed by atoms with Gasteiger partial charge in [-0.05, 0) is 30.7 Å². The number of hydrogen-bond donors (Lipinski definition) is 2. The first kappa shape index (κ1) is 16.2. The highest BCUT2D eigenvalue weighted by Crippen LogP contribution is 2.29. The quantitative estimate of drug-likeness (QED) is 0.858. The highest BCUT2D eigenvalue weighted by Gasteiger charge is 2.23. The zero-order valence-electron chi connectivity index (χ0n) is 13.5. The van der Waals surface area contributed by atoms with Crippen LogP contribution in [0, 0.1) is 5.92 Å². The van der Waals surface area contributed by atoms with Gasteiger partial charge in [0.25, 0.3) is 0 Å². The Morgan fingerprint density at radius 2 is 2.09 bits per heavy atom. The number of sulfonamides is 1. The van der Waals surface area contributed by atoms with Crippen LogP contribution in [0.1, 0.15) is 25.3 Å². The molecule has 3 heterocycles. The fourth-order valence-corrected chi connectivity index (χ4v) is 3.68. The second kappa shape index (κ2) is 6.45. The molecular formula is C15H23N5O2S. The summed E-state index contributed by atoms with van der Waals surface area (Å²) < 4.78 is 25.0. The van der Waals surface area contributed by atoms with Crippen LogP contribution in [-0.4, -0.2) is 49.3 Å². The van der Waals surface area contributed by atoms with E-state index in [-0.39, 0.29) is 0 Å². The lowest BCUT2D eigenvalue weighted by molar-refractivity contribution is 0.401. The van der Waals surface area contributed by atoms with Crippen LogP contribution in [0.2, 0.25) is 0 Å². The van der Waals surface area contributed by atoms with E-state index in [2.05, 4.69) is 31.5 Å². The van der Waals surface area contributed by atoms with E-state index in [0.29, 0.717) is 12.5 Å². The first-order chi connectivity index (χ1) is 11.0. The van der Waals surface area contributed by atoms with Crippen molar-refractivity contribution in [3.05, 3.63) is 18.1 Å². The van der Waals surface area contributed by atoms with Crippen molar-refractivity contribution in [1.82, 2.24) is 19.7 Å². The second-order valence-electron chi connectivity index (χ2n) is 6.14. The first-order valence-electron chi connectivity index (χ1n) is 7.98. The van der Waals surface area contributed by atoms with Crippen molar-refractivity contribution in [2.75, 3.05) is 30.8 Å². The van der Waals surface area contributed by atoms with Crippen molar-refractivity contribution in [1.29, 1.82) is 0 Å². The van der Waals surface area contributed by atoms with Crippen LogP contribution in [0.4, 0.5) is 5.82 Å². The molecular weight excluding hydrogens is 314 g/mol. The molecule has 0 unspecified atom stereocenters. The van der Waals surface area contributed by atoms with Crippen molar-refractivity contribution >= 4 is 26.9 Å². The number of fused-ring (bicyclic) bond motifs is 1. The lowest BCUT2D eigenvalue weighted by Gasteiger charge is -2.33. The van der Waals surface area contributed by atoms with Gasteiger partial charge in [0.2, 0.25) is 10.0 Å². The molecule has 2 N–H and O–H groups in total. The van der Waals surface area contributed by atoms with Crippen LogP contribution in [0.5, 0.6) is 0 Å². The van der Waals surface area contributed by atoms with Crippen LogP contribution in [-0.2, 0) is 16.4 Å². The number of piperidine rings is 1. The molecule has 0 aliphatic carbocycles. The Labute approximate surface area is 136 Å². The van der Waals surface area contributed by atoms with Crippen molar-refractivity contribution in [2.45, 2.75) is 26.2 Å². The summed E-state index contributed by atoms with van der Waals surface area (Å²) >= 11 is 0. The monoisotopic (exact) mass is 337 g/mol. The maximum absolute atomic E-state index is 11.2.